The quantitative estimate of drug-likeness (QED) is 0.849. The van der Waals surface area contributed by atoms with Crippen LogP contribution in [0.1, 0.15) is 56.7 Å². The molecular formula is C17H27NO2S. The van der Waals surface area contributed by atoms with Crippen molar-refractivity contribution in [3.8, 4) is 0 Å². The minimum absolute atomic E-state index is 0.0849. The van der Waals surface area contributed by atoms with Crippen LogP contribution >= 0.6 is 0 Å². The molecule has 2 N–H and O–H groups in total. The fourth-order valence-corrected chi connectivity index (χ4v) is 4.53. The molecule has 1 aliphatic carbocycles. The molecule has 1 aliphatic rings. The lowest BCUT2D eigenvalue weighted by molar-refractivity contribution is 0.281. The highest BCUT2D eigenvalue weighted by Crippen LogP contribution is 2.25. The number of hydrogen-bond donors (Lipinski definition) is 2. The van der Waals surface area contributed by atoms with Gasteiger partial charge in [-0.2, -0.15) is 0 Å². The number of rotatable bonds is 6. The summed E-state index contributed by atoms with van der Waals surface area (Å²) in [4.78, 5) is 0. The van der Waals surface area contributed by atoms with E-state index in [4.69, 9.17) is 0 Å². The molecule has 118 valence electrons. The van der Waals surface area contributed by atoms with Crippen LogP contribution in [-0.4, -0.2) is 26.4 Å². The van der Waals surface area contributed by atoms with Crippen molar-refractivity contribution in [1.82, 2.24) is 5.32 Å². The third kappa shape index (κ3) is 4.63. The van der Waals surface area contributed by atoms with Crippen LogP contribution in [0.3, 0.4) is 0 Å². The number of aliphatic hydroxyl groups excluding tert-OH is 1. The Kier molecular flexibility index (Phi) is 6.40. The maximum Gasteiger partial charge on any atom is 0.0681 e. The van der Waals surface area contributed by atoms with E-state index >= 15 is 0 Å². The maximum atomic E-state index is 12.0. The lowest BCUT2D eigenvalue weighted by Gasteiger charge is -2.31. The van der Waals surface area contributed by atoms with Gasteiger partial charge < -0.3 is 10.4 Å². The topological polar surface area (TPSA) is 49.3 Å². The van der Waals surface area contributed by atoms with E-state index in [2.05, 4.69) is 24.4 Å². The molecule has 0 spiro atoms. The van der Waals surface area contributed by atoms with Gasteiger partial charge in [0.15, 0.2) is 0 Å². The molecule has 1 fully saturated rings. The highest BCUT2D eigenvalue weighted by Gasteiger charge is 2.26. The Morgan fingerprint density at radius 2 is 2.24 bits per heavy atom. The van der Waals surface area contributed by atoms with Crippen molar-refractivity contribution in [2.45, 2.75) is 63.5 Å². The van der Waals surface area contributed by atoms with Crippen molar-refractivity contribution in [2.24, 2.45) is 0 Å². The summed E-state index contributed by atoms with van der Waals surface area (Å²) in [5.41, 5.74) is 2.16. The number of hydrogen-bond acceptors (Lipinski definition) is 3. The van der Waals surface area contributed by atoms with Gasteiger partial charge in [0.2, 0.25) is 0 Å². The first-order valence-corrected chi connectivity index (χ1v) is 9.35. The van der Waals surface area contributed by atoms with E-state index in [1.54, 1.807) is 0 Å². The highest BCUT2D eigenvalue weighted by molar-refractivity contribution is 7.85. The fourth-order valence-electron chi connectivity index (χ4n) is 3.18. The Balaban J connectivity index is 1.95. The van der Waals surface area contributed by atoms with Crippen LogP contribution in [0.25, 0.3) is 0 Å². The smallest absolute Gasteiger partial charge is 0.0681 e. The van der Waals surface area contributed by atoms with Gasteiger partial charge in [-0.3, -0.25) is 4.21 Å². The Morgan fingerprint density at radius 1 is 1.43 bits per heavy atom. The van der Waals surface area contributed by atoms with Gasteiger partial charge in [0.25, 0.3) is 0 Å². The molecule has 1 aromatic carbocycles. The van der Waals surface area contributed by atoms with Crippen LogP contribution in [0.4, 0.5) is 0 Å². The van der Waals surface area contributed by atoms with Gasteiger partial charge in [-0.25, -0.2) is 0 Å². The van der Waals surface area contributed by atoms with Gasteiger partial charge in [-0.1, -0.05) is 37.6 Å². The molecule has 21 heavy (non-hydrogen) atoms. The largest absolute Gasteiger partial charge is 0.392 e. The molecule has 0 heterocycles. The Labute approximate surface area is 130 Å². The summed E-state index contributed by atoms with van der Waals surface area (Å²) in [6, 6.07) is 8.80. The molecule has 4 atom stereocenters. The average Bonchev–Trinajstić information content (AvgIpc) is 2.54. The minimum atomic E-state index is -0.672. The number of benzene rings is 1. The second kappa shape index (κ2) is 8.06. The summed E-state index contributed by atoms with van der Waals surface area (Å²) in [7, 11) is -0.672. The molecule has 1 aromatic rings. The van der Waals surface area contributed by atoms with Crippen LogP contribution in [0.5, 0.6) is 0 Å². The Hall–Kier alpha value is -0.710. The fraction of sp³-hybridized carbons (Fsp3) is 0.647. The zero-order valence-corrected chi connectivity index (χ0v) is 13.9. The van der Waals surface area contributed by atoms with Gasteiger partial charge in [0.05, 0.1) is 6.61 Å². The van der Waals surface area contributed by atoms with E-state index in [-0.39, 0.29) is 12.6 Å². The molecule has 0 aromatic heterocycles. The number of aliphatic hydroxyl groups is 1. The summed E-state index contributed by atoms with van der Waals surface area (Å²) in [5.74, 6) is 0.769. The van der Waals surface area contributed by atoms with E-state index in [0.29, 0.717) is 11.3 Å². The summed E-state index contributed by atoms with van der Waals surface area (Å²) < 4.78 is 12.0. The molecule has 4 unspecified atom stereocenters. The molecule has 3 nitrogen and oxygen atoms in total. The molecule has 2 rings (SSSR count). The molecule has 1 saturated carbocycles. The van der Waals surface area contributed by atoms with Gasteiger partial charge >= 0.3 is 0 Å². The predicted molar refractivity (Wildman–Crippen MR) is 88.6 cm³/mol. The van der Waals surface area contributed by atoms with E-state index in [1.165, 1.54) is 12.0 Å². The first kappa shape index (κ1) is 16.7. The average molecular weight is 309 g/mol. The van der Waals surface area contributed by atoms with Crippen molar-refractivity contribution in [3.63, 3.8) is 0 Å². The van der Waals surface area contributed by atoms with Gasteiger partial charge in [-0.15, -0.1) is 0 Å². The summed E-state index contributed by atoms with van der Waals surface area (Å²) in [5, 5.41) is 13.3. The summed E-state index contributed by atoms with van der Waals surface area (Å²) in [6.45, 7) is 4.26. The second-order valence-electron chi connectivity index (χ2n) is 5.95. The molecule has 0 bridgehead atoms. The second-order valence-corrected chi connectivity index (χ2v) is 7.95. The zero-order chi connectivity index (χ0) is 15.2. The van der Waals surface area contributed by atoms with Crippen LogP contribution in [-0.2, 0) is 17.4 Å². The van der Waals surface area contributed by atoms with Gasteiger partial charge in [-0.05, 0) is 37.3 Å². The van der Waals surface area contributed by atoms with Crippen LogP contribution in [0.15, 0.2) is 24.3 Å². The Morgan fingerprint density at radius 3 is 2.95 bits per heavy atom. The molecule has 0 radical (unpaired) electrons. The first-order chi connectivity index (χ1) is 10.1. The van der Waals surface area contributed by atoms with E-state index in [1.807, 2.05) is 19.1 Å². The third-order valence-electron chi connectivity index (χ3n) is 4.40. The molecule has 0 saturated heterocycles. The lowest BCUT2D eigenvalue weighted by atomic mass is 9.93. The molecule has 0 aliphatic heterocycles. The maximum absolute atomic E-state index is 12.0. The van der Waals surface area contributed by atoms with E-state index in [0.717, 1.165) is 30.6 Å². The van der Waals surface area contributed by atoms with E-state index < -0.39 is 10.8 Å². The summed E-state index contributed by atoms with van der Waals surface area (Å²) in [6.07, 6.45) is 4.45. The van der Waals surface area contributed by atoms with Crippen molar-refractivity contribution in [3.05, 3.63) is 35.4 Å². The zero-order valence-electron chi connectivity index (χ0n) is 13.0. The third-order valence-corrected chi connectivity index (χ3v) is 6.14. The minimum Gasteiger partial charge on any atom is -0.392 e. The SMILES string of the molecule is CCS(=O)C1CCCC(NC(C)c2cccc(CO)c2)C1. The molecule has 4 heteroatoms. The summed E-state index contributed by atoms with van der Waals surface area (Å²) >= 11 is 0. The van der Waals surface area contributed by atoms with Crippen molar-refractivity contribution in [1.29, 1.82) is 0 Å². The van der Waals surface area contributed by atoms with Gasteiger partial charge in [0.1, 0.15) is 0 Å². The van der Waals surface area contributed by atoms with Crippen molar-refractivity contribution >= 4 is 10.8 Å². The Bertz CT molecular complexity index is 478. The first-order valence-electron chi connectivity index (χ1n) is 7.97. The van der Waals surface area contributed by atoms with Crippen LogP contribution in [0.2, 0.25) is 0 Å². The normalized spacial score (nSPS) is 25.5. The van der Waals surface area contributed by atoms with Crippen LogP contribution < -0.4 is 5.32 Å². The van der Waals surface area contributed by atoms with Crippen LogP contribution in [0, 0.1) is 0 Å². The predicted octanol–water partition coefficient (Wildman–Crippen LogP) is 2.91. The monoisotopic (exact) mass is 309 g/mol. The molecular weight excluding hydrogens is 282 g/mol. The standard InChI is InChI=1S/C17H27NO2S/c1-3-21(20)17-9-5-8-16(11-17)18-13(2)15-7-4-6-14(10-15)12-19/h4,6-7,10,13,16-19H,3,5,8-9,11-12H2,1-2H3. The van der Waals surface area contributed by atoms with E-state index in [9.17, 15) is 9.32 Å². The number of nitrogens with one attached hydrogen (secondary N) is 1. The van der Waals surface area contributed by atoms with Crippen molar-refractivity contribution < 1.29 is 9.32 Å². The lowest BCUT2D eigenvalue weighted by Crippen LogP contribution is -2.39. The van der Waals surface area contributed by atoms with Gasteiger partial charge in [0, 0.05) is 33.9 Å². The molecule has 0 amide bonds. The highest BCUT2D eigenvalue weighted by atomic mass is 32.2. The van der Waals surface area contributed by atoms with Crippen molar-refractivity contribution in [2.75, 3.05) is 5.75 Å².